The summed E-state index contributed by atoms with van der Waals surface area (Å²) >= 11 is 1.44. The summed E-state index contributed by atoms with van der Waals surface area (Å²) < 4.78 is 38.2. The average molecular weight is 288 g/mol. The molecule has 0 saturated carbocycles. The number of halogens is 3. The third-order valence-corrected chi connectivity index (χ3v) is 2.83. The maximum Gasteiger partial charge on any atom is 0.433 e. The fraction of sp³-hybridized carbons (Fsp3) is 0.273. The quantitative estimate of drug-likeness (QED) is 0.900. The second kappa shape index (κ2) is 5.43. The van der Waals surface area contributed by atoms with Crippen molar-refractivity contribution < 1.29 is 13.2 Å². The van der Waals surface area contributed by atoms with Gasteiger partial charge >= 0.3 is 6.18 Å². The van der Waals surface area contributed by atoms with Gasteiger partial charge in [-0.15, -0.1) is 0 Å². The summed E-state index contributed by atoms with van der Waals surface area (Å²) in [5.41, 5.74) is -0.282. The van der Waals surface area contributed by atoms with E-state index in [-0.39, 0.29) is 11.8 Å². The van der Waals surface area contributed by atoms with Crippen LogP contribution >= 0.6 is 11.3 Å². The molecule has 0 aliphatic heterocycles. The second-order valence-electron chi connectivity index (χ2n) is 3.63. The minimum atomic E-state index is -4.50. The van der Waals surface area contributed by atoms with Crippen molar-refractivity contribution in [3.05, 3.63) is 28.6 Å². The fourth-order valence-electron chi connectivity index (χ4n) is 1.38. The summed E-state index contributed by atoms with van der Waals surface area (Å²) in [6, 6.07) is 2.64. The van der Waals surface area contributed by atoms with Crippen molar-refractivity contribution in [2.45, 2.75) is 13.1 Å². The standard InChI is InChI=1S/C11H11F3N4S/c1-2-15-10-17-8(11(12,13)14)5-9(18-10)16-7-3-4-19-6-7/h3-6H,2H2,1H3,(H2,15,16,17,18). The fourth-order valence-corrected chi connectivity index (χ4v) is 1.96. The number of nitrogens with zero attached hydrogens (tertiary/aromatic N) is 2. The van der Waals surface area contributed by atoms with Gasteiger partial charge in [-0.05, 0) is 18.4 Å². The van der Waals surface area contributed by atoms with E-state index in [1.807, 2.05) is 5.38 Å². The molecule has 0 radical (unpaired) electrons. The molecule has 19 heavy (non-hydrogen) atoms. The van der Waals surface area contributed by atoms with Crippen molar-refractivity contribution in [1.82, 2.24) is 9.97 Å². The van der Waals surface area contributed by atoms with Crippen molar-refractivity contribution in [2.75, 3.05) is 17.2 Å². The average Bonchev–Trinajstić information content (AvgIpc) is 2.81. The number of hydrogen-bond donors (Lipinski definition) is 2. The van der Waals surface area contributed by atoms with Gasteiger partial charge in [0.15, 0.2) is 5.69 Å². The van der Waals surface area contributed by atoms with Crippen molar-refractivity contribution >= 4 is 28.8 Å². The summed E-state index contributed by atoms with van der Waals surface area (Å²) in [6.07, 6.45) is -4.50. The molecule has 0 fully saturated rings. The van der Waals surface area contributed by atoms with Crippen LogP contribution in [-0.4, -0.2) is 16.5 Å². The largest absolute Gasteiger partial charge is 0.433 e. The number of anilines is 3. The first-order valence-electron chi connectivity index (χ1n) is 5.48. The molecular weight excluding hydrogens is 277 g/mol. The first-order valence-corrected chi connectivity index (χ1v) is 6.42. The zero-order valence-electron chi connectivity index (χ0n) is 9.95. The van der Waals surface area contributed by atoms with Gasteiger partial charge in [0, 0.05) is 18.0 Å². The first kappa shape index (κ1) is 13.6. The summed E-state index contributed by atoms with van der Waals surface area (Å²) in [5, 5.41) is 9.09. The molecule has 0 aliphatic carbocycles. The van der Waals surface area contributed by atoms with Crippen LogP contribution in [0.1, 0.15) is 12.6 Å². The van der Waals surface area contributed by atoms with Crippen molar-refractivity contribution in [3.8, 4) is 0 Å². The van der Waals surface area contributed by atoms with E-state index in [0.29, 0.717) is 12.2 Å². The van der Waals surface area contributed by atoms with E-state index in [9.17, 15) is 13.2 Å². The number of hydrogen-bond acceptors (Lipinski definition) is 5. The van der Waals surface area contributed by atoms with E-state index in [1.165, 1.54) is 11.3 Å². The summed E-state index contributed by atoms with van der Waals surface area (Å²) in [5.74, 6) is 0.0618. The molecule has 0 bridgehead atoms. The molecule has 8 heteroatoms. The molecule has 0 unspecified atom stereocenters. The van der Waals surface area contributed by atoms with E-state index in [2.05, 4.69) is 20.6 Å². The molecule has 2 rings (SSSR count). The lowest BCUT2D eigenvalue weighted by Crippen LogP contribution is -2.13. The monoisotopic (exact) mass is 288 g/mol. The lowest BCUT2D eigenvalue weighted by atomic mass is 10.3. The van der Waals surface area contributed by atoms with E-state index in [1.54, 1.807) is 18.4 Å². The molecule has 0 saturated heterocycles. The Labute approximate surface area is 111 Å². The predicted molar refractivity (Wildman–Crippen MR) is 68.8 cm³/mol. The Balaban J connectivity index is 2.34. The summed E-state index contributed by atoms with van der Waals surface area (Å²) in [7, 11) is 0. The zero-order valence-corrected chi connectivity index (χ0v) is 10.8. The van der Waals surface area contributed by atoms with Gasteiger partial charge in [-0.3, -0.25) is 0 Å². The lowest BCUT2D eigenvalue weighted by molar-refractivity contribution is -0.141. The van der Waals surface area contributed by atoms with Gasteiger partial charge < -0.3 is 10.6 Å². The molecular formula is C11H11F3N4S. The van der Waals surface area contributed by atoms with Crippen LogP contribution in [0.3, 0.4) is 0 Å². The van der Waals surface area contributed by atoms with Crippen molar-refractivity contribution in [2.24, 2.45) is 0 Å². The van der Waals surface area contributed by atoms with E-state index < -0.39 is 11.9 Å². The van der Waals surface area contributed by atoms with Crippen LogP contribution in [0.15, 0.2) is 22.9 Å². The zero-order chi connectivity index (χ0) is 13.9. The molecule has 0 aliphatic rings. The third-order valence-electron chi connectivity index (χ3n) is 2.15. The molecule has 0 aromatic carbocycles. The Morgan fingerprint density at radius 3 is 2.68 bits per heavy atom. The Morgan fingerprint density at radius 1 is 1.32 bits per heavy atom. The Morgan fingerprint density at radius 2 is 2.11 bits per heavy atom. The molecule has 0 atom stereocenters. The topological polar surface area (TPSA) is 49.8 Å². The van der Waals surface area contributed by atoms with Gasteiger partial charge in [0.05, 0.1) is 5.69 Å². The predicted octanol–water partition coefficient (Wildman–Crippen LogP) is 3.73. The number of rotatable bonds is 4. The smallest absolute Gasteiger partial charge is 0.354 e. The SMILES string of the molecule is CCNc1nc(Nc2ccsc2)cc(C(F)(F)F)n1. The molecule has 0 spiro atoms. The Bertz CT molecular complexity index is 539. The molecule has 2 aromatic rings. The number of alkyl halides is 3. The van der Waals surface area contributed by atoms with Gasteiger partial charge in [0.2, 0.25) is 5.95 Å². The minimum absolute atomic E-state index is 0.0462. The van der Waals surface area contributed by atoms with Crippen LogP contribution in [0, 0.1) is 0 Å². The normalized spacial score (nSPS) is 11.4. The van der Waals surface area contributed by atoms with Crippen LogP contribution in [0.5, 0.6) is 0 Å². The van der Waals surface area contributed by atoms with Crippen LogP contribution in [0.25, 0.3) is 0 Å². The summed E-state index contributed by atoms with van der Waals surface area (Å²) in [6.45, 7) is 2.20. The molecule has 4 nitrogen and oxygen atoms in total. The number of thiophene rings is 1. The van der Waals surface area contributed by atoms with E-state index in [0.717, 1.165) is 6.07 Å². The molecule has 102 valence electrons. The van der Waals surface area contributed by atoms with E-state index in [4.69, 9.17) is 0 Å². The van der Waals surface area contributed by atoms with Crippen LogP contribution < -0.4 is 10.6 Å². The van der Waals surface area contributed by atoms with E-state index >= 15 is 0 Å². The Kier molecular flexibility index (Phi) is 3.89. The maximum atomic E-state index is 12.7. The summed E-state index contributed by atoms with van der Waals surface area (Å²) in [4.78, 5) is 7.42. The molecule has 0 amide bonds. The van der Waals surface area contributed by atoms with Gasteiger partial charge in [0.25, 0.3) is 0 Å². The van der Waals surface area contributed by atoms with Crippen LogP contribution in [-0.2, 0) is 6.18 Å². The van der Waals surface area contributed by atoms with Gasteiger partial charge in [-0.1, -0.05) is 0 Å². The second-order valence-corrected chi connectivity index (χ2v) is 4.41. The molecule has 2 aromatic heterocycles. The van der Waals surface area contributed by atoms with Crippen molar-refractivity contribution in [1.29, 1.82) is 0 Å². The highest BCUT2D eigenvalue weighted by molar-refractivity contribution is 7.08. The lowest BCUT2D eigenvalue weighted by Gasteiger charge is -2.11. The van der Waals surface area contributed by atoms with Gasteiger partial charge in [-0.25, -0.2) is 4.98 Å². The maximum absolute atomic E-state index is 12.7. The number of aromatic nitrogens is 2. The van der Waals surface area contributed by atoms with Crippen molar-refractivity contribution in [3.63, 3.8) is 0 Å². The third kappa shape index (κ3) is 3.57. The highest BCUT2D eigenvalue weighted by Gasteiger charge is 2.33. The Hall–Kier alpha value is -1.83. The van der Waals surface area contributed by atoms with Gasteiger partial charge in [-0.2, -0.15) is 29.5 Å². The highest BCUT2D eigenvalue weighted by Crippen LogP contribution is 2.30. The van der Waals surface area contributed by atoms with Crippen LogP contribution in [0.4, 0.5) is 30.6 Å². The highest BCUT2D eigenvalue weighted by atomic mass is 32.1. The molecule has 2 N–H and O–H groups in total. The number of nitrogens with one attached hydrogen (secondary N) is 2. The van der Waals surface area contributed by atoms with Crippen LogP contribution in [0.2, 0.25) is 0 Å². The van der Waals surface area contributed by atoms with Gasteiger partial charge in [0.1, 0.15) is 5.82 Å². The molecule has 2 heterocycles. The minimum Gasteiger partial charge on any atom is -0.354 e. The first-order chi connectivity index (χ1) is 8.99.